The molecule has 0 saturated carbocycles. The van der Waals surface area contributed by atoms with E-state index in [9.17, 15) is 0 Å². The predicted octanol–water partition coefficient (Wildman–Crippen LogP) is 2.88. The predicted molar refractivity (Wildman–Crippen MR) is 80.1 cm³/mol. The standard InChI is InChI=1S/C15H17ClN3/c1-12-5-4-6-15(16)19(12)17-11-13-7-9-14(10-8-13)18(2)3/h4-11H,1-3H3/q+1. The fourth-order valence-electron chi connectivity index (χ4n) is 1.71. The number of anilines is 1. The summed E-state index contributed by atoms with van der Waals surface area (Å²) in [6, 6.07) is 13.9. The van der Waals surface area contributed by atoms with E-state index in [1.54, 1.807) is 10.9 Å². The van der Waals surface area contributed by atoms with Gasteiger partial charge in [0.1, 0.15) is 6.21 Å². The monoisotopic (exact) mass is 274 g/mol. The lowest BCUT2D eigenvalue weighted by molar-refractivity contribution is -0.682. The maximum Gasteiger partial charge on any atom is 0.306 e. The summed E-state index contributed by atoms with van der Waals surface area (Å²) in [4.78, 5) is 2.06. The quantitative estimate of drug-likeness (QED) is 0.479. The molecule has 0 bridgehead atoms. The van der Waals surface area contributed by atoms with Crippen LogP contribution in [0.5, 0.6) is 0 Å². The van der Waals surface area contributed by atoms with Crippen LogP contribution in [0.15, 0.2) is 47.6 Å². The summed E-state index contributed by atoms with van der Waals surface area (Å²) < 4.78 is 1.71. The van der Waals surface area contributed by atoms with E-state index in [1.807, 2.05) is 51.4 Å². The van der Waals surface area contributed by atoms with Gasteiger partial charge in [-0.1, -0.05) is 12.1 Å². The van der Waals surface area contributed by atoms with Crippen LogP contribution in [0, 0.1) is 6.92 Å². The molecule has 0 aliphatic heterocycles. The summed E-state index contributed by atoms with van der Waals surface area (Å²) in [5.74, 6) is 0. The molecule has 98 valence electrons. The molecule has 19 heavy (non-hydrogen) atoms. The topological polar surface area (TPSA) is 19.5 Å². The summed E-state index contributed by atoms with van der Waals surface area (Å²) in [7, 11) is 4.04. The molecule has 0 aliphatic rings. The highest BCUT2D eigenvalue weighted by Crippen LogP contribution is 2.11. The van der Waals surface area contributed by atoms with Gasteiger partial charge in [-0.05, 0) is 45.1 Å². The molecule has 1 aromatic carbocycles. The molecule has 2 aromatic rings. The number of hydrogen-bond donors (Lipinski definition) is 0. The molecule has 1 heterocycles. The molecule has 2 rings (SSSR count). The van der Waals surface area contributed by atoms with Crippen LogP contribution < -0.4 is 9.58 Å². The van der Waals surface area contributed by atoms with Gasteiger partial charge in [0.25, 0.3) is 0 Å². The van der Waals surface area contributed by atoms with E-state index >= 15 is 0 Å². The van der Waals surface area contributed by atoms with Crippen molar-refractivity contribution >= 4 is 23.5 Å². The van der Waals surface area contributed by atoms with Gasteiger partial charge in [0, 0.05) is 38.8 Å². The van der Waals surface area contributed by atoms with Crippen LogP contribution in [-0.4, -0.2) is 20.3 Å². The zero-order chi connectivity index (χ0) is 13.8. The molecule has 0 spiro atoms. The first-order valence-corrected chi connectivity index (χ1v) is 6.44. The maximum absolute atomic E-state index is 6.11. The van der Waals surface area contributed by atoms with Gasteiger partial charge in [-0.3, -0.25) is 0 Å². The summed E-state index contributed by atoms with van der Waals surface area (Å²) in [5.41, 5.74) is 3.20. The average Bonchev–Trinajstić information content (AvgIpc) is 2.38. The Morgan fingerprint density at radius 2 is 1.79 bits per heavy atom. The first-order chi connectivity index (χ1) is 9.08. The first kappa shape index (κ1) is 13.6. The Kier molecular flexibility index (Phi) is 4.17. The Labute approximate surface area is 118 Å². The van der Waals surface area contributed by atoms with Crippen LogP contribution in [0.3, 0.4) is 0 Å². The van der Waals surface area contributed by atoms with Crippen molar-refractivity contribution in [1.29, 1.82) is 0 Å². The van der Waals surface area contributed by atoms with E-state index in [0.717, 1.165) is 11.3 Å². The van der Waals surface area contributed by atoms with Gasteiger partial charge in [-0.15, -0.1) is 0 Å². The number of halogens is 1. The van der Waals surface area contributed by atoms with Crippen molar-refractivity contribution in [2.45, 2.75) is 6.92 Å². The van der Waals surface area contributed by atoms with Gasteiger partial charge >= 0.3 is 5.15 Å². The Morgan fingerprint density at radius 1 is 1.11 bits per heavy atom. The van der Waals surface area contributed by atoms with Crippen molar-refractivity contribution in [2.24, 2.45) is 5.10 Å². The number of aryl methyl sites for hydroxylation is 1. The van der Waals surface area contributed by atoms with Gasteiger partial charge in [-0.2, -0.15) is 0 Å². The maximum atomic E-state index is 6.11. The van der Waals surface area contributed by atoms with Crippen molar-refractivity contribution < 1.29 is 4.68 Å². The molecule has 3 nitrogen and oxygen atoms in total. The third-order valence-corrected chi connectivity index (χ3v) is 3.13. The zero-order valence-corrected chi connectivity index (χ0v) is 12.1. The van der Waals surface area contributed by atoms with Crippen molar-refractivity contribution in [3.63, 3.8) is 0 Å². The molecule has 0 N–H and O–H groups in total. The molecule has 0 fully saturated rings. The molecular formula is C15H17ClN3+. The van der Waals surface area contributed by atoms with Gasteiger partial charge in [-0.25, -0.2) is 0 Å². The minimum absolute atomic E-state index is 0.598. The van der Waals surface area contributed by atoms with Crippen LogP contribution in [0.25, 0.3) is 0 Å². The Balaban J connectivity index is 2.23. The molecule has 0 radical (unpaired) electrons. The van der Waals surface area contributed by atoms with E-state index in [-0.39, 0.29) is 0 Å². The number of pyridine rings is 1. The van der Waals surface area contributed by atoms with E-state index < -0.39 is 0 Å². The number of rotatable bonds is 3. The van der Waals surface area contributed by atoms with Crippen LogP contribution in [0.2, 0.25) is 5.15 Å². The second-order valence-corrected chi connectivity index (χ2v) is 4.92. The number of benzene rings is 1. The van der Waals surface area contributed by atoms with Gasteiger partial charge in [0.15, 0.2) is 0 Å². The second kappa shape index (κ2) is 5.85. The van der Waals surface area contributed by atoms with Crippen molar-refractivity contribution in [3.05, 3.63) is 58.9 Å². The molecule has 0 unspecified atom stereocenters. The second-order valence-electron chi connectivity index (χ2n) is 4.53. The highest BCUT2D eigenvalue weighted by Gasteiger charge is 2.09. The molecule has 0 amide bonds. The first-order valence-electron chi connectivity index (χ1n) is 6.07. The lowest BCUT2D eigenvalue weighted by Crippen LogP contribution is -2.32. The van der Waals surface area contributed by atoms with Crippen molar-refractivity contribution in [1.82, 2.24) is 0 Å². The highest BCUT2D eigenvalue weighted by atomic mass is 35.5. The van der Waals surface area contributed by atoms with Gasteiger partial charge in [0.2, 0.25) is 5.69 Å². The smallest absolute Gasteiger partial charge is 0.306 e. The van der Waals surface area contributed by atoms with E-state index in [2.05, 4.69) is 22.1 Å². The fourth-order valence-corrected chi connectivity index (χ4v) is 1.96. The lowest BCUT2D eigenvalue weighted by atomic mass is 10.2. The van der Waals surface area contributed by atoms with Crippen LogP contribution in [0.1, 0.15) is 11.3 Å². The van der Waals surface area contributed by atoms with Crippen LogP contribution >= 0.6 is 11.6 Å². The molecule has 1 aromatic heterocycles. The minimum atomic E-state index is 0.598. The molecule has 0 atom stereocenters. The Morgan fingerprint density at radius 3 is 2.37 bits per heavy atom. The van der Waals surface area contributed by atoms with E-state index in [4.69, 9.17) is 11.6 Å². The van der Waals surface area contributed by atoms with Crippen molar-refractivity contribution in [2.75, 3.05) is 19.0 Å². The largest absolute Gasteiger partial charge is 0.378 e. The Hall–Kier alpha value is -1.87. The Bertz CT molecular complexity index is 569. The van der Waals surface area contributed by atoms with Gasteiger partial charge < -0.3 is 4.90 Å². The molecule has 0 aliphatic carbocycles. The number of nitrogens with zero attached hydrogens (tertiary/aromatic N) is 3. The van der Waals surface area contributed by atoms with Crippen LogP contribution in [-0.2, 0) is 0 Å². The van der Waals surface area contributed by atoms with Crippen molar-refractivity contribution in [3.8, 4) is 0 Å². The van der Waals surface area contributed by atoms with Gasteiger partial charge in [0.05, 0.1) is 0 Å². The summed E-state index contributed by atoms with van der Waals surface area (Å²) in [6.07, 6.45) is 1.80. The third kappa shape index (κ3) is 3.32. The minimum Gasteiger partial charge on any atom is -0.378 e. The number of aromatic nitrogens is 1. The molecule has 4 heteroatoms. The molecule has 0 saturated heterocycles. The molecular weight excluding hydrogens is 258 g/mol. The summed E-state index contributed by atoms with van der Waals surface area (Å²) >= 11 is 6.11. The van der Waals surface area contributed by atoms with E-state index in [0.29, 0.717) is 5.15 Å². The van der Waals surface area contributed by atoms with E-state index in [1.165, 1.54) is 5.69 Å². The fraction of sp³-hybridized carbons (Fsp3) is 0.200. The zero-order valence-electron chi connectivity index (χ0n) is 11.3. The summed E-state index contributed by atoms with van der Waals surface area (Å²) in [6.45, 7) is 1.97. The average molecular weight is 275 g/mol. The lowest BCUT2D eigenvalue weighted by Gasteiger charge is -2.11. The SMILES string of the molecule is Cc1cccc(Cl)[n+]1N=Cc1ccc(N(C)C)cc1. The number of hydrogen-bond acceptors (Lipinski definition) is 2. The van der Waals surface area contributed by atoms with Crippen LogP contribution in [0.4, 0.5) is 5.69 Å². The third-order valence-electron chi connectivity index (χ3n) is 2.84. The summed E-state index contributed by atoms with van der Waals surface area (Å²) in [5, 5.41) is 4.99. The highest BCUT2D eigenvalue weighted by molar-refractivity contribution is 6.28. The normalized spacial score (nSPS) is 10.9.